The summed E-state index contributed by atoms with van der Waals surface area (Å²) in [5, 5.41) is 3.44. The van der Waals surface area contributed by atoms with Gasteiger partial charge in [0.2, 0.25) is 0 Å². The molecule has 0 spiro atoms. The first-order valence-electron chi connectivity index (χ1n) is 5.52. The number of furan rings is 2. The number of rotatable bonds is 4. The van der Waals surface area contributed by atoms with Crippen molar-refractivity contribution in [3.63, 3.8) is 0 Å². The highest BCUT2D eigenvalue weighted by molar-refractivity contribution is 5.18. The van der Waals surface area contributed by atoms with Crippen molar-refractivity contribution in [2.45, 2.75) is 32.9 Å². The first kappa shape index (κ1) is 11.0. The molecule has 0 aliphatic rings. The van der Waals surface area contributed by atoms with Crippen LogP contribution >= 0.6 is 0 Å². The van der Waals surface area contributed by atoms with Gasteiger partial charge in [-0.25, -0.2) is 0 Å². The molecule has 2 atom stereocenters. The summed E-state index contributed by atoms with van der Waals surface area (Å²) in [6.45, 7) is 6.22. The van der Waals surface area contributed by atoms with E-state index >= 15 is 0 Å². The van der Waals surface area contributed by atoms with Crippen LogP contribution in [0.4, 0.5) is 0 Å². The third-order valence-electron chi connectivity index (χ3n) is 2.76. The molecule has 0 saturated carbocycles. The molecule has 1 N–H and O–H groups in total. The summed E-state index contributed by atoms with van der Waals surface area (Å²) >= 11 is 0. The van der Waals surface area contributed by atoms with Crippen LogP contribution in [-0.2, 0) is 0 Å². The van der Waals surface area contributed by atoms with Crippen LogP contribution in [0, 0.1) is 6.92 Å². The Morgan fingerprint density at radius 2 is 1.88 bits per heavy atom. The Hall–Kier alpha value is -1.48. The summed E-state index contributed by atoms with van der Waals surface area (Å²) in [5.74, 6) is 1.93. The lowest BCUT2D eigenvalue weighted by Gasteiger charge is -2.17. The molecular weight excluding hydrogens is 202 g/mol. The van der Waals surface area contributed by atoms with Crippen molar-refractivity contribution in [3.8, 4) is 0 Å². The minimum absolute atomic E-state index is 0.175. The number of aryl methyl sites for hydroxylation is 1. The summed E-state index contributed by atoms with van der Waals surface area (Å²) < 4.78 is 10.8. The Morgan fingerprint density at radius 1 is 1.06 bits per heavy atom. The Bertz CT molecular complexity index is 430. The van der Waals surface area contributed by atoms with E-state index in [9.17, 15) is 0 Å². The van der Waals surface area contributed by atoms with Gasteiger partial charge in [-0.05, 0) is 44.5 Å². The molecular formula is C13H17NO2. The quantitative estimate of drug-likeness (QED) is 0.853. The van der Waals surface area contributed by atoms with Crippen LogP contribution in [0.1, 0.15) is 43.0 Å². The number of hydrogen-bond acceptors (Lipinski definition) is 3. The van der Waals surface area contributed by atoms with E-state index in [4.69, 9.17) is 8.83 Å². The highest BCUT2D eigenvalue weighted by atomic mass is 16.3. The summed E-state index contributed by atoms with van der Waals surface area (Å²) in [5.41, 5.74) is 1.17. The molecule has 2 unspecified atom stereocenters. The fraction of sp³-hybridized carbons (Fsp3) is 0.385. The fourth-order valence-corrected chi connectivity index (χ4v) is 1.90. The van der Waals surface area contributed by atoms with Crippen molar-refractivity contribution < 1.29 is 8.83 Å². The molecule has 0 aromatic carbocycles. The molecule has 2 heterocycles. The Kier molecular flexibility index (Phi) is 3.15. The van der Waals surface area contributed by atoms with Crippen molar-refractivity contribution in [3.05, 3.63) is 47.8 Å². The van der Waals surface area contributed by atoms with Crippen molar-refractivity contribution in [2.75, 3.05) is 0 Å². The Morgan fingerprint density at radius 3 is 2.44 bits per heavy atom. The third-order valence-corrected chi connectivity index (χ3v) is 2.76. The van der Waals surface area contributed by atoms with Gasteiger partial charge >= 0.3 is 0 Å². The van der Waals surface area contributed by atoms with Crippen molar-refractivity contribution in [2.24, 2.45) is 0 Å². The fourth-order valence-electron chi connectivity index (χ4n) is 1.90. The first-order chi connectivity index (χ1) is 7.68. The normalized spacial score (nSPS) is 14.9. The van der Waals surface area contributed by atoms with E-state index in [0.717, 1.165) is 11.5 Å². The SMILES string of the molecule is Cc1ccoc1C(C)NC(C)c1ccco1. The van der Waals surface area contributed by atoms with Crippen LogP contribution in [0.3, 0.4) is 0 Å². The predicted molar refractivity (Wildman–Crippen MR) is 62.1 cm³/mol. The second kappa shape index (κ2) is 4.58. The maximum absolute atomic E-state index is 5.45. The van der Waals surface area contributed by atoms with Gasteiger partial charge in [0, 0.05) is 0 Å². The topological polar surface area (TPSA) is 38.3 Å². The average Bonchev–Trinajstić information content (AvgIpc) is 2.86. The highest BCUT2D eigenvalue weighted by Crippen LogP contribution is 2.22. The molecule has 3 heteroatoms. The molecule has 0 aliphatic heterocycles. The third kappa shape index (κ3) is 2.19. The lowest BCUT2D eigenvalue weighted by atomic mass is 10.1. The molecule has 16 heavy (non-hydrogen) atoms. The van der Waals surface area contributed by atoms with E-state index in [1.54, 1.807) is 12.5 Å². The van der Waals surface area contributed by atoms with Gasteiger partial charge in [0.05, 0.1) is 24.6 Å². The Balaban J connectivity index is 2.03. The Labute approximate surface area is 95.5 Å². The van der Waals surface area contributed by atoms with Gasteiger partial charge in [0.25, 0.3) is 0 Å². The average molecular weight is 219 g/mol. The van der Waals surface area contributed by atoms with Crippen molar-refractivity contribution >= 4 is 0 Å². The van der Waals surface area contributed by atoms with Gasteiger partial charge in [-0.1, -0.05) is 0 Å². The van der Waals surface area contributed by atoms with E-state index in [0.29, 0.717) is 0 Å². The molecule has 0 radical (unpaired) electrons. The molecule has 86 valence electrons. The molecule has 0 saturated heterocycles. The standard InChI is InChI=1S/C13H17NO2/c1-9-6-8-16-13(9)11(3)14-10(2)12-5-4-7-15-12/h4-8,10-11,14H,1-3H3. The molecule has 0 amide bonds. The van der Waals surface area contributed by atoms with Crippen LogP contribution in [0.15, 0.2) is 39.6 Å². The number of hydrogen-bond donors (Lipinski definition) is 1. The van der Waals surface area contributed by atoms with Gasteiger partial charge in [-0.2, -0.15) is 0 Å². The van der Waals surface area contributed by atoms with E-state index in [1.165, 1.54) is 5.56 Å². The molecule has 0 fully saturated rings. The van der Waals surface area contributed by atoms with E-state index in [2.05, 4.69) is 26.1 Å². The van der Waals surface area contributed by atoms with Crippen LogP contribution in [0.25, 0.3) is 0 Å². The van der Waals surface area contributed by atoms with Gasteiger partial charge in [-0.15, -0.1) is 0 Å². The second-order valence-electron chi connectivity index (χ2n) is 4.09. The highest BCUT2D eigenvalue weighted by Gasteiger charge is 2.16. The van der Waals surface area contributed by atoms with E-state index in [-0.39, 0.29) is 12.1 Å². The van der Waals surface area contributed by atoms with Gasteiger partial charge in [0.15, 0.2) is 0 Å². The van der Waals surface area contributed by atoms with Crippen molar-refractivity contribution in [1.29, 1.82) is 0 Å². The van der Waals surface area contributed by atoms with Crippen LogP contribution in [-0.4, -0.2) is 0 Å². The van der Waals surface area contributed by atoms with Gasteiger partial charge in [0.1, 0.15) is 11.5 Å². The minimum atomic E-state index is 0.175. The zero-order valence-corrected chi connectivity index (χ0v) is 9.86. The lowest BCUT2D eigenvalue weighted by molar-refractivity contribution is 0.365. The summed E-state index contributed by atoms with van der Waals surface area (Å²) in [6.07, 6.45) is 3.41. The second-order valence-corrected chi connectivity index (χ2v) is 4.09. The summed E-state index contributed by atoms with van der Waals surface area (Å²) in [4.78, 5) is 0. The van der Waals surface area contributed by atoms with Gasteiger partial charge < -0.3 is 8.83 Å². The molecule has 2 aromatic rings. The lowest BCUT2D eigenvalue weighted by Crippen LogP contribution is -2.22. The monoisotopic (exact) mass is 219 g/mol. The van der Waals surface area contributed by atoms with E-state index in [1.807, 2.05) is 18.2 Å². The zero-order chi connectivity index (χ0) is 11.5. The molecule has 2 aromatic heterocycles. The maximum Gasteiger partial charge on any atom is 0.123 e. The van der Waals surface area contributed by atoms with E-state index < -0.39 is 0 Å². The largest absolute Gasteiger partial charge is 0.468 e. The van der Waals surface area contributed by atoms with Crippen molar-refractivity contribution in [1.82, 2.24) is 5.32 Å². The summed E-state index contributed by atoms with van der Waals surface area (Å²) in [6, 6.07) is 6.20. The first-order valence-corrected chi connectivity index (χ1v) is 5.52. The van der Waals surface area contributed by atoms with Crippen LogP contribution in [0.2, 0.25) is 0 Å². The van der Waals surface area contributed by atoms with Gasteiger partial charge in [-0.3, -0.25) is 5.32 Å². The molecule has 0 bridgehead atoms. The maximum atomic E-state index is 5.45. The van der Waals surface area contributed by atoms with Crippen LogP contribution < -0.4 is 5.32 Å². The zero-order valence-electron chi connectivity index (χ0n) is 9.86. The summed E-state index contributed by atoms with van der Waals surface area (Å²) in [7, 11) is 0. The smallest absolute Gasteiger partial charge is 0.123 e. The molecule has 3 nitrogen and oxygen atoms in total. The number of nitrogens with one attached hydrogen (secondary N) is 1. The van der Waals surface area contributed by atoms with Crippen LogP contribution in [0.5, 0.6) is 0 Å². The molecule has 2 rings (SSSR count). The molecule has 0 aliphatic carbocycles. The minimum Gasteiger partial charge on any atom is -0.468 e. The predicted octanol–water partition coefficient (Wildman–Crippen LogP) is 3.59.